The Morgan fingerprint density at radius 1 is 1.32 bits per heavy atom. The normalized spacial score (nSPS) is 11.4. The van der Waals surface area contributed by atoms with E-state index < -0.39 is 0 Å². The van der Waals surface area contributed by atoms with Gasteiger partial charge in [0.2, 0.25) is 5.91 Å². The fourth-order valence-electron chi connectivity index (χ4n) is 1.28. The highest BCUT2D eigenvalue weighted by Gasteiger charge is 1.94. The number of carbonyl (C=O) groups is 1. The molecule has 0 saturated heterocycles. The maximum atomic E-state index is 10.9. The third-order valence-corrected chi connectivity index (χ3v) is 2.18. The van der Waals surface area contributed by atoms with Gasteiger partial charge >= 0.3 is 0 Å². The molecule has 6 heteroatoms. The molecule has 0 unspecified atom stereocenters. The maximum absolute atomic E-state index is 10.9. The van der Waals surface area contributed by atoms with Crippen molar-refractivity contribution in [3.05, 3.63) is 35.9 Å². The second kappa shape index (κ2) is 7.27. The minimum Gasteiger partial charge on any atom is -0.375 e. The van der Waals surface area contributed by atoms with Crippen molar-refractivity contribution in [2.24, 2.45) is 10.8 Å². The van der Waals surface area contributed by atoms with Crippen molar-refractivity contribution in [1.29, 1.82) is 0 Å². The minimum absolute atomic E-state index is 0.0879. The second-order valence-corrected chi connectivity index (χ2v) is 4.31. The van der Waals surface area contributed by atoms with Gasteiger partial charge in [0.25, 0.3) is 0 Å². The molecule has 0 atom stereocenters. The summed E-state index contributed by atoms with van der Waals surface area (Å²) in [4.78, 5) is 10.9. The van der Waals surface area contributed by atoms with E-state index in [2.05, 4.69) is 28.1 Å². The number of anilines is 1. The number of carbonyl (C=O) groups excluding carboxylic acids is 1. The number of hydrogen-bond acceptors (Lipinski definition) is 3. The second-order valence-electron chi connectivity index (χ2n) is 3.87. The van der Waals surface area contributed by atoms with Gasteiger partial charge in [0, 0.05) is 12.6 Å². The van der Waals surface area contributed by atoms with Crippen LogP contribution in [0.1, 0.15) is 19.4 Å². The van der Waals surface area contributed by atoms with Crippen LogP contribution in [0, 0.1) is 0 Å². The van der Waals surface area contributed by atoms with Crippen LogP contribution in [-0.4, -0.2) is 16.7 Å². The molecule has 1 amide bonds. The first-order chi connectivity index (χ1) is 8.97. The van der Waals surface area contributed by atoms with Crippen LogP contribution in [0.4, 0.5) is 5.69 Å². The van der Waals surface area contributed by atoms with Crippen molar-refractivity contribution in [1.82, 2.24) is 5.43 Å². The highest BCUT2D eigenvalue weighted by molar-refractivity contribution is 7.80. The molecule has 0 aliphatic carbocycles. The van der Waals surface area contributed by atoms with Gasteiger partial charge in [0.05, 0.1) is 5.71 Å². The van der Waals surface area contributed by atoms with Crippen molar-refractivity contribution < 1.29 is 4.79 Å². The van der Waals surface area contributed by atoms with E-state index in [1.807, 2.05) is 43.3 Å². The summed E-state index contributed by atoms with van der Waals surface area (Å²) in [5.41, 5.74) is 10.3. The van der Waals surface area contributed by atoms with Gasteiger partial charge in [0.15, 0.2) is 5.11 Å². The Morgan fingerprint density at radius 2 is 1.95 bits per heavy atom. The molecule has 0 aliphatic rings. The molecule has 0 spiro atoms. The van der Waals surface area contributed by atoms with E-state index in [1.54, 1.807) is 0 Å². The summed E-state index contributed by atoms with van der Waals surface area (Å²) in [6.45, 7) is 3.30. The number of allylic oxidation sites excluding steroid dienone is 1. The number of thiocarbonyl (C=S) groups is 1. The largest absolute Gasteiger partial charge is 0.375 e. The van der Waals surface area contributed by atoms with E-state index in [-0.39, 0.29) is 11.0 Å². The van der Waals surface area contributed by atoms with Gasteiger partial charge in [-0.25, -0.2) is 0 Å². The van der Waals surface area contributed by atoms with Gasteiger partial charge in [-0.05, 0) is 42.9 Å². The van der Waals surface area contributed by atoms with E-state index in [0.717, 1.165) is 17.0 Å². The fraction of sp³-hybridized carbons (Fsp3) is 0.154. The molecular formula is C13H16N4OS. The van der Waals surface area contributed by atoms with E-state index in [9.17, 15) is 4.79 Å². The molecule has 1 aromatic rings. The Balaban J connectivity index is 2.64. The molecule has 0 radical (unpaired) electrons. The fourth-order valence-corrected chi connectivity index (χ4v) is 1.32. The van der Waals surface area contributed by atoms with Crippen LogP contribution < -0.4 is 16.5 Å². The van der Waals surface area contributed by atoms with Crippen molar-refractivity contribution in [2.45, 2.75) is 13.8 Å². The molecule has 19 heavy (non-hydrogen) atoms. The molecule has 1 aromatic carbocycles. The van der Waals surface area contributed by atoms with Crippen LogP contribution in [0.25, 0.3) is 6.08 Å². The summed E-state index contributed by atoms with van der Waals surface area (Å²) in [5, 5.41) is 6.79. The summed E-state index contributed by atoms with van der Waals surface area (Å²) in [6, 6.07) is 7.47. The number of nitrogens with zero attached hydrogens (tertiary/aromatic N) is 1. The average molecular weight is 276 g/mol. The van der Waals surface area contributed by atoms with Gasteiger partial charge in [-0.15, -0.1) is 0 Å². The molecule has 0 aromatic heterocycles. The number of hydrazone groups is 1. The third kappa shape index (κ3) is 6.32. The highest BCUT2D eigenvalue weighted by atomic mass is 32.1. The highest BCUT2D eigenvalue weighted by Crippen LogP contribution is 2.10. The van der Waals surface area contributed by atoms with Crippen LogP contribution in [0.3, 0.4) is 0 Å². The summed E-state index contributed by atoms with van der Waals surface area (Å²) in [7, 11) is 0. The van der Waals surface area contributed by atoms with Crippen molar-refractivity contribution in [3.63, 3.8) is 0 Å². The Bertz CT molecular complexity index is 520. The van der Waals surface area contributed by atoms with Gasteiger partial charge in [-0.3, -0.25) is 10.2 Å². The number of amides is 1. The van der Waals surface area contributed by atoms with E-state index in [4.69, 9.17) is 5.73 Å². The monoisotopic (exact) mass is 276 g/mol. The first-order valence-electron chi connectivity index (χ1n) is 5.63. The third-order valence-electron chi connectivity index (χ3n) is 2.09. The van der Waals surface area contributed by atoms with Gasteiger partial charge < -0.3 is 11.1 Å². The van der Waals surface area contributed by atoms with Crippen LogP contribution >= 0.6 is 12.2 Å². The lowest BCUT2D eigenvalue weighted by Crippen LogP contribution is -2.24. The Hall–Kier alpha value is -2.21. The predicted molar refractivity (Wildman–Crippen MR) is 82.8 cm³/mol. The Morgan fingerprint density at radius 3 is 2.47 bits per heavy atom. The Kier molecular flexibility index (Phi) is 5.69. The topological polar surface area (TPSA) is 79.5 Å². The number of nitrogens with one attached hydrogen (secondary N) is 2. The minimum atomic E-state index is -0.0879. The molecule has 0 saturated carbocycles. The van der Waals surface area contributed by atoms with E-state index in [0.29, 0.717) is 0 Å². The molecule has 0 heterocycles. The smallest absolute Gasteiger partial charge is 0.221 e. The van der Waals surface area contributed by atoms with Crippen LogP contribution in [-0.2, 0) is 4.79 Å². The first-order valence-corrected chi connectivity index (χ1v) is 6.03. The van der Waals surface area contributed by atoms with E-state index in [1.165, 1.54) is 6.92 Å². The maximum Gasteiger partial charge on any atom is 0.221 e. The first kappa shape index (κ1) is 14.8. The van der Waals surface area contributed by atoms with Crippen molar-refractivity contribution in [3.8, 4) is 0 Å². The standard InChI is InChI=1S/C13H16N4OS/c1-9(16-17-13(14)19)3-4-11-5-7-12(8-6-11)15-10(2)18/h3-8H,1-2H3,(H,15,18)(H3,14,17,19). The summed E-state index contributed by atoms with van der Waals surface area (Å²) in [5.74, 6) is -0.0879. The predicted octanol–water partition coefficient (Wildman–Crippen LogP) is 1.87. The average Bonchev–Trinajstić information content (AvgIpc) is 2.35. The van der Waals surface area contributed by atoms with E-state index >= 15 is 0 Å². The van der Waals surface area contributed by atoms with Gasteiger partial charge in [-0.2, -0.15) is 5.10 Å². The summed E-state index contributed by atoms with van der Waals surface area (Å²) in [6.07, 6.45) is 3.73. The molecule has 0 bridgehead atoms. The molecule has 1 rings (SSSR count). The lowest BCUT2D eigenvalue weighted by atomic mass is 10.2. The zero-order valence-corrected chi connectivity index (χ0v) is 11.6. The summed E-state index contributed by atoms with van der Waals surface area (Å²) >= 11 is 4.64. The Labute approximate surface area is 117 Å². The van der Waals surface area contributed by atoms with Crippen LogP contribution in [0.2, 0.25) is 0 Å². The molecule has 5 nitrogen and oxygen atoms in total. The quantitative estimate of drug-likeness (QED) is 0.445. The van der Waals surface area contributed by atoms with Gasteiger partial charge in [0.1, 0.15) is 0 Å². The number of rotatable bonds is 4. The number of nitrogens with two attached hydrogens (primary N) is 1. The lowest BCUT2D eigenvalue weighted by molar-refractivity contribution is -0.114. The van der Waals surface area contributed by atoms with Crippen molar-refractivity contribution in [2.75, 3.05) is 5.32 Å². The number of benzene rings is 1. The molecule has 4 N–H and O–H groups in total. The summed E-state index contributed by atoms with van der Waals surface area (Å²) < 4.78 is 0. The van der Waals surface area contributed by atoms with Crippen molar-refractivity contribution >= 4 is 40.7 Å². The zero-order chi connectivity index (χ0) is 14.3. The number of hydrogen-bond donors (Lipinski definition) is 3. The van der Waals surface area contributed by atoms with Gasteiger partial charge in [-0.1, -0.05) is 18.2 Å². The van der Waals surface area contributed by atoms with Crippen LogP contribution in [0.5, 0.6) is 0 Å². The van der Waals surface area contributed by atoms with Crippen LogP contribution in [0.15, 0.2) is 35.4 Å². The lowest BCUT2D eigenvalue weighted by Gasteiger charge is -2.01. The SMILES string of the molecule is CC(=O)Nc1ccc(C=CC(C)=NNC(N)=S)cc1. The zero-order valence-electron chi connectivity index (χ0n) is 10.8. The molecule has 100 valence electrons. The molecular weight excluding hydrogens is 260 g/mol. The molecule has 0 fully saturated rings. The molecule has 0 aliphatic heterocycles.